The Morgan fingerprint density at radius 1 is 1.21 bits per heavy atom. The van der Waals surface area contributed by atoms with E-state index in [9.17, 15) is 8.78 Å². The lowest BCUT2D eigenvalue weighted by atomic mass is 9.78. The molecular weight excluding hydrogens is 250 g/mol. The highest BCUT2D eigenvalue weighted by atomic mass is 19.2. The fourth-order valence-corrected chi connectivity index (χ4v) is 3.04. The third-order valence-electron chi connectivity index (χ3n) is 4.27. The maximum absolute atomic E-state index is 13.8. The molecule has 0 bridgehead atoms. The highest BCUT2D eigenvalue weighted by molar-refractivity contribution is 5.40. The van der Waals surface area contributed by atoms with Crippen molar-refractivity contribution in [1.29, 1.82) is 0 Å². The number of ether oxygens (including phenoxy) is 2. The number of hydrogen-bond donors (Lipinski definition) is 0. The summed E-state index contributed by atoms with van der Waals surface area (Å²) in [6.45, 7) is 8.05. The Morgan fingerprint density at radius 2 is 1.84 bits per heavy atom. The summed E-state index contributed by atoms with van der Waals surface area (Å²) >= 11 is 0. The Morgan fingerprint density at radius 3 is 2.32 bits per heavy atom. The van der Waals surface area contributed by atoms with E-state index in [-0.39, 0.29) is 29.3 Å². The van der Waals surface area contributed by atoms with Gasteiger partial charge in [-0.05, 0) is 32.8 Å². The largest absolute Gasteiger partial charge is 0.493 e. The number of halogens is 2. The Kier molecular flexibility index (Phi) is 3.56. The van der Waals surface area contributed by atoms with Crippen molar-refractivity contribution < 1.29 is 18.3 Å². The molecule has 2 nitrogen and oxygen atoms in total. The summed E-state index contributed by atoms with van der Waals surface area (Å²) in [4.78, 5) is 0. The first kappa shape index (κ1) is 14.3. The van der Waals surface area contributed by atoms with Gasteiger partial charge < -0.3 is 9.47 Å². The predicted octanol–water partition coefficient (Wildman–Crippen LogP) is 3.89. The molecular formula is C15H20F2O2. The summed E-state index contributed by atoms with van der Waals surface area (Å²) < 4.78 is 38.1. The molecule has 2 rings (SSSR count). The lowest BCUT2D eigenvalue weighted by Gasteiger charge is -2.25. The van der Waals surface area contributed by atoms with Gasteiger partial charge in [-0.1, -0.05) is 13.0 Å². The van der Waals surface area contributed by atoms with Crippen LogP contribution < -0.4 is 4.74 Å². The van der Waals surface area contributed by atoms with E-state index in [2.05, 4.69) is 6.92 Å². The molecule has 1 saturated heterocycles. The molecule has 0 aliphatic carbocycles. The van der Waals surface area contributed by atoms with E-state index in [0.29, 0.717) is 5.56 Å². The van der Waals surface area contributed by atoms with Crippen LogP contribution in [-0.4, -0.2) is 18.8 Å². The summed E-state index contributed by atoms with van der Waals surface area (Å²) in [5.41, 5.74) is 0.381. The third kappa shape index (κ3) is 2.22. The summed E-state index contributed by atoms with van der Waals surface area (Å²) in [6.07, 6.45) is -0.0660. The maximum atomic E-state index is 13.8. The minimum atomic E-state index is -0.927. The molecule has 0 radical (unpaired) electrons. The normalized spacial score (nSPS) is 29.5. The van der Waals surface area contributed by atoms with Gasteiger partial charge in [0.05, 0.1) is 18.8 Å². The molecule has 1 aliphatic rings. The standard InChI is InChI=1S/C15H20F2O2/c1-8-12(9(2)19-15(8,3)4)10-6-7-11(16)13(17)14(10)18-5/h6-9,12H,1-5H3. The highest BCUT2D eigenvalue weighted by Crippen LogP contribution is 2.48. The molecule has 0 aromatic heterocycles. The molecule has 1 aliphatic heterocycles. The highest BCUT2D eigenvalue weighted by Gasteiger charge is 2.46. The molecule has 1 heterocycles. The van der Waals surface area contributed by atoms with Crippen molar-refractivity contribution in [1.82, 2.24) is 0 Å². The van der Waals surface area contributed by atoms with Gasteiger partial charge in [-0.25, -0.2) is 4.39 Å². The fourth-order valence-electron chi connectivity index (χ4n) is 3.04. The SMILES string of the molecule is COc1c(C2C(C)OC(C)(C)C2C)ccc(F)c1F. The van der Waals surface area contributed by atoms with Gasteiger partial charge in [0.1, 0.15) is 0 Å². The Balaban J connectivity index is 2.51. The topological polar surface area (TPSA) is 18.5 Å². The predicted molar refractivity (Wildman–Crippen MR) is 69.4 cm³/mol. The molecule has 4 heteroatoms. The smallest absolute Gasteiger partial charge is 0.200 e. The Hall–Kier alpha value is -1.16. The molecule has 3 unspecified atom stereocenters. The number of hydrogen-bond acceptors (Lipinski definition) is 2. The zero-order chi connectivity index (χ0) is 14.4. The van der Waals surface area contributed by atoms with E-state index in [1.807, 2.05) is 20.8 Å². The van der Waals surface area contributed by atoms with Gasteiger partial charge in [0.2, 0.25) is 5.82 Å². The van der Waals surface area contributed by atoms with Crippen molar-refractivity contribution >= 4 is 0 Å². The van der Waals surface area contributed by atoms with Crippen LogP contribution in [0.15, 0.2) is 12.1 Å². The van der Waals surface area contributed by atoms with Crippen molar-refractivity contribution in [3.63, 3.8) is 0 Å². The number of methoxy groups -OCH3 is 1. The first-order valence-electron chi connectivity index (χ1n) is 6.49. The van der Waals surface area contributed by atoms with Gasteiger partial charge in [-0.2, -0.15) is 4.39 Å². The van der Waals surface area contributed by atoms with Crippen LogP contribution in [0.25, 0.3) is 0 Å². The van der Waals surface area contributed by atoms with E-state index >= 15 is 0 Å². The summed E-state index contributed by atoms with van der Waals surface area (Å²) in [5, 5.41) is 0. The Labute approximate surface area is 112 Å². The number of benzene rings is 1. The molecule has 1 aromatic carbocycles. The minimum Gasteiger partial charge on any atom is -0.493 e. The fraction of sp³-hybridized carbons (Fsp3) is 0.600. The molecule has 1 fully saturated rings. The second-order valence-electron chi connectivity index (χ2n) is 5.72. The molecule has 0 spiro atoms. The van der Waals surface area contributed by atoms with Crippen LogP contribution in [0.5, 0.6) is 5.75 Å². The molecule has 0 amide bonds. The van der Waals surface area contributed by atoms with Crippen LogP contribution >= 0.6 is 0 Å². The quantitative estimate of drug-likeness (QED) is 0.811. The summed E-state index contributed by atoms with van der Waals surface area (Å²) in [5.74, 6) is -1.66. The van der Waals surface area contributed by atoms with E-state index in [0.717, 1.165) is 6.07 Å². The first-order valence-corrected chi connectivity index (χ1v) is 6.49. The number of rotatable bonds is 2. The van der Waals surface area contributed by atoms with Crippen molar-refractivity contribution in [3.8, 4) is 5.75 Å². The molecule has 0 N–H and O–H groups in total. The van der Waals surface area contributed by atoms with E-state index < -0.39 is 11.6 Å². The average molecular weight is 270 g/mol. The van der Waals surface area contributed by atoms with Crippen LogP contribution in [-0.2, 0) is 4.74 Å². The third-order valence-corrected chi connectivity index (χ3v) is 4.27. The van der Waals surface area contributed by atoms with Gasteiger partial charge in [0.15, 0.2) is 11.6 Å². The van der Waals surface area contributed by atoms with Crippen molar-refractivity contribution in [2.24, 2.45) is 5.92 Å². The second-order valence-corrected chi connectivity index (χ2v) is 5.72. The van der Waals surface area contributed by atoms with Gasteiger partial charge in [0, 0.05) is 11.5 Å². The van der Waals surface area contributed by atoms with E-state index in [1.54, 1.807) is 6.07 Å². The van der Waals surface area contributed by atoms with E-state index in [4.69, 9.17) is 9.47 Å². The zero-order valence-corrected chi connectivity index (χ0v) is 12.0. The van der Waals surface area contributed by atoms with Gasteiger partial charge in [0.25, 0.3) is 0 Å². The molecule has 106 valence electrons. The van der Waals surface area contributed by atoms with Crippen LogP contribution in [0.2, 0.25) is 0 Å². The van der Waals surface area contributed by atoms with E-state index in [1.165, 1.54) is 7.11 Å². The second kappa shape index (κ2) is 4.75. The van der Waals surface area contributed by atoms with Crippen LogP contribution in [0.4, 0.5) is 8.78 Å². The minimum absolute atomic E-state index is 0.00926. The van der Waals surface area contributed by atoms with Crippen molar-refractivity contribution in [2.75, 3.05) is 7.11 Å². The summed E-state index contributed by atoms with van der Waals surface area (Å²) in [6, 6.07) is 2.75. The molecule has 0 saturated carbocycles. The monoisotopic (exact) mass is 270 g/mol. The lowest BCUT2D eigenvalue weighted by Crippen LogP contribution is -2.27. The van der Waals surface area contributed by atoms with Gasteiger partial charge in [-0.3, -0.25) is 0 Å². The van der Waals surface area contributed by atoms with Crippen LogP contribution in [0.1, 0.15) is 39.2 Å². The van der Waals surface area contributed by atoms with Crippen LogP contribution in [0.3, 0.4) is 0 Å². The maximum Gasteiger partial charge on any atom is 0.200 e. The van der Waals surface area contributed by atoms with Crippen molar-refractivity contribution in [2.45, 2.75) is 45.3 Å². The van der Waals surface area contributed by atoms with Gasteiger partial charge in [-0.15, -0.1) is 0 Å². The Bertz CT molecular complexity index is 485. The van der Waals surface area contributed by atoms with Crippen LogP contribution in [0, 0.1) is 17.6 Å². The van der Waals surface area contributed by atoms with Crippen molar-refractivity contribution in [3.05, 3.63) is 29.3 Å². The zero-order valence-electron chi connectivity index (χ0n) is 12.0. The molecule has 1 aromatic rings. The molecule has 3 atom stereocenters. The molecule has 19 heavy (non-hydrogen) atoms. The lowest BCUT2D eigenvalue weighted by molar-refractivity contribution is -0.0222. The van der Waals surface area contributed by atoms with Gasteiger partial charge >= 0.3 is 0 Å². The summed E-state index contributed by atoms with van der Waals surface area (Å²) in [7, 11) is 1.36. The first-order chi connectivity index (χ1) is 8.79. The average Bonchev–Trinajstić information content (AvgIpc) is 2.52.